The molecule has 0 bridgehead atoms. The van der Waals surface area contributed by atoms with Gasteiger partial charge >= 0.3 is 0 Å². The van der Waals surface area contributed by atoms with Gasteiger partial charge in [-0.15, -0.1) is 0 Å². The van der Waals surface area contributed by atoms with E-state index in [0.717, 1.165) is 68.9 Å². The number of aryl methyl sites for hydroxylation is 1. The maximum Gasteiger partial charge on any atom is 0.220 e. The molecule has 2 heterocycles. The molecule has 152 valence electrons. The molecule has 0 spiro atoms. The molecular weight excluding hydrogens is 364 g/mol. The fourth-order valence-electron chi connectivity index (χ4n) is 3.62. The summed E-state index contributed by atoms with van der Waals surface area (Å²) in [5.41, 5.74) is 1.52. The molecule has 1 atom stereocenters. The molecule has 1 aromatic carbocycles. The van der Waals surface area contributed by atoms with Gasteiger partial charge in [0.2, 0.25) is 5.91 Å². The zero-order valence-corrected chi connectivity index (χ0v) is 16.2. The fraction of sp³-hybridized carbons (Fsp3) is 0.524. The number of hydrogen-bond acceptors (Lipinski definition) is 4. The van der Waals surface area contributed by atoms with Crippen LogP contribution in [0.25, 0.3) is 0 Å². The first kappa shape index (κ1) is 20.5. The van der Waals surface area contributed by atoms with Crippen LogP contribution in [0.4, 0.5) is 8.78 Å². The van der Waals surface area contributed by atoms with Crippen molar-refractivity contribution >= 4 is 5.91 Å². The van der Waals surface area contributed by atoms with Gasteiger partial charge in [0, 0.05) is 25.6 Å². The van der Waals surface area contributed by atoms with E-state index >= 15 is 0 Å². The third-order valence-electron chi connectivity index (χ3n) is 5.21. The third-order valence-corrected chi connectivity index (χ3v) is 5.21. The Morgan fingerprint density at radius 3 is 2.93 bits per heavy atom. The Hall–Kier alpha value is -2.28. The lowest BCUT2D eigenvalue weighted by Gasteiger charge is -2.31. The van der Waals surface area contributed by atoms with E-state index in [4.69, 9.17) is 4.52 Å². The molecule has 1 fully saturated rings. The summed E-state index contributed by atoms with van der Waals surface area (Å²) in [6, 6.07) is 5.67. The lowest BCUT2D eigenvalue weighted by atomic mass is 9.93. The molecule has 2 aromatic rings. The van der Waals surface area contributed by atoms with E-state index in [1.165, 1.54) is 6.07 Å². The summed E-state index contributed by atoms with van der Waals surface area (Å²) in [5.74, 6) is -0.483. The van der Waals surface area contributed by atoms with Crippen LogP contribution in [0, 0.1) is 17.6 Å². The summed E-state index contributed by atoms with van der Waals surface area (Å²) in [6.45, 7) is 4.99. The Bertz CT molecular complexity index is 794. The minimum Gasteiger partial charge on any atom is -0.360 e. The van der Waals surface area contributed by atoms with Crippen LogP contribution in [0.3, 0.4) is 0 Å². The van der Waals surface area contributed by atoms with E-state index in [-0.39, 0.29) is 12.5 Å². The molecule has 0 unspecified atom stereocenters. The smallest absolute Gasteiger partial charge is 0.220 e. The summed E-state index contributed by atoms with van der Waals surface area (Å²) in [6.07, 6.45) is 4.34. The van der Waals surface area contributed by atoms with Gasteiger partial charge in [-0.25, -0.2) is 8.78 Å². The Morgan fingerprint density at radius 2 is 2.18 bits per heavy atom. The second-order valence-corrected chi connectivity index (χ2v) is 7.45. The second-order valence-electron chi connectivity index (χ2n) is 7.45. The number of likely N-dealkylation sites (tertiary alicyclic amines) is 1. The summed E-state index contributed by atoms with van der Waals surface area (Å²) in [5, 5.41) is 6.82. The van der Waals surface area contributed by atoms with Crippen LogP contribution < -0.4 is 5.32 Å². The normalized spacial score (nSPS) is 17.6. The van der Waals surface area contributed by atoms with E-state index in [0.29, 0.717) is 17.9 Å². The van der Waals surface area contributed by atoms with Crippen LogP contribution in [-0.2, 0) is 24.3 Å². The number of nitrogens with one attached hydrogen (secondary N) is 1. The van der Waals surface area contributed by atoms with Gasteiger partial charge in [-0.05, 0) is 55.8 Å². The molecule has 1 N–H and O–H groups in total. The quantitative estimate of drug-likeness (QED) is 0.743. The van der Waals surface area contributed by atoms with Crippen LogP contribution in [-0.4, -0.2) is 29.1 Å². The van der Waals surface area contributed by atoms with E-state index in [1.54, 1.807) is 0 Å². The molecule has 1 amide bonds. The largest absolute Gasteiger partial charge is 0.360 e. The van der Waals surface area contributed by atoms with Crippen molar-refractivity contribution < 1.29 is 18.1 Å². The highest BCUT2D eigenvalue weighted by Gasteiger charge is 2.21. The van der Waals surface area contributed by atoms with Crippen LogP contribution >= 0.6 is 0 Å². The van der Waals surface area contributed by atoms with Crippen molar-refractivity contribution in [3.8, 4) is 0 Å². The monoisotopic (exact) mass is 391 g/mol. The first-order valence-corrected chi connectivity index (χ1v) is 9.91. The molecule has 0 radical (unpaired) electrons. The number of halogens is 2. The van der Waals surface area contributed by atoms with Gasteiger partial charge in [-0.3, -0.25) is 9.69 Å². The highest BCUT2D eigenvalue weighted by atomic mass is 19.2. The maximum atomic E-state index is 13.2. The minimum atomic E-state index is -0.896. The van der Waals surface area contributed by atoms with E-state index in [9.17, 15) is 13.6 Å². The van der Waals surface area contributed by atoms with Gasteiger partial charge in [0.25, 0.3) is 0 Å². The fourth-order valence-corrected chi connectivity index (χ4v) is 3.62. The zero-order valence-electron chi connectivity index (χ0n) is 16.2. The number of rotatable bonds is 8. The number of hydrogen-bond donors (Lipinski definition) is 1. The molecular formula is C21H27F2N3O2. The standard InChI is InChI=1S/C21H27F2N3O2/c1-2-17-11-18(28-25-17)14-26-9-3-4-15(13-26)6-8-21(27)24-12-16-5-7-19(22)20(23)10-16/h5,7,10-11,15H,2-4,6,8-9,12-14H2,1H3,(H,24,27)/t15-/m0/s1. The lowest BCUT2D eigenvalue weighted by molar-refractivity contribution is -0.121. The summed E-state index contributed by atoms with van der Waals surface area (Å²) in [7, 11) is 0. The third kappa shape index (κ3) is 5.86. The molecule has 1 aliphatic heterocycles. The van der Waals surface area contributed by atoms with Gasteiger partial charge in [0.1, 0.15) is 0 Å². The average Bonchev–Trinajstić information content (AvgIpc) is 3.15. The number of amides is 1. The van der Waals surface area contributed by atoms with Crippen molar-refractivity contribution in [1.29, 1.82) is 0 Å². The molecule has 0 aliphatic carbocycles. The van der Waals surface area contributed by atoms with Gasteiger partial charge < -0.3 is 9.84 Å². The Morgan fingerprint density at radius 1 is 1.32 bits per heavy atom. The van der Waals surface area contributed by atoms with Gasteiger partial charge in [-0.1, -0.05) is 18.1 Å². The molecule has 0 saturated carbocycles. The number of carbonyl (C=O) groups excluding carboxylic acids is 1. The van der Waals surface area contributed by atoms with Crippen LogP contribution in [0.15, 0.2) is 28.8 Å². The number of benzene rings is 1. The van der Waals surface area contributed by atoms with Crippen LogP contribution in [0.5, 0.6) is 0 Å². The minimum absolute atomic E-state index is 0.0651. The highest BCUT2D eigenvalue weighted by Crippen LogP contribution is 2.22. The first-order valence-electron chi connectivity index (χ1n) is 9.91. The Kier molecular flexibility index (Phi) is 7.14. The van der Waals surface area contributed by atoms with Crippen molar-refractivity contribution in [3.63, 3.8) is 0 Å². The highest BCUT2D eigenvalue weighted by molar-refractivity contribution is 5.75. The molecule has 3 rings (SSSR count). The predicted octanol–water partition coefficient (Wildman–Crippen LogP) is 3.82. The van der Waals surface area contributed by atoms with Crippen molar-refractivity contribution in [2.24, 2.45) is 5.92 Å². The van der Waals surface area contributed by atoms with E-state index < -0.39 is 11.6 Å². The van der Waals surface area contributed by atoms with Crippen LogP contribution in [0.2, 0.25) is 0 Å². The van der Waals surface area contributed by atoms with Crippen molar-refractivity contribution in [2.75, 3.05) is 13.1 Å². The molecule has 1 saturated heterocycles. The summed E-state index contributed by atoms with van der Waals surface area (Å²) in [4.78, 5) is 14.5. The maximum absolute atomic E-state index is 13.2. The number of piperidine rings is 1. The molecule has 1 aliphatic rings. The predicted molar refractivity (Wildman–Crippen MR) is 101 cm³/mol. The van der Waals surface area contributed by atoms with Gasteiger partial charge in [-0.2, -0.15) is 0 Å². The number of carbonyl (C=O) groups is 1. The van der Waals surface area contributed by atoms with E-state index in [2.05, 4.69) is 22.3 Å². The average molecular weight is 391 g/mol. The molecule has 5 nitrogen and oxygen atoms in total. The molecule has 1 aromatic heterocycles. The number of nitrogens with zero attached hydrogens (tertiary/aromatic N) is 2. The van der Waals surface area contributed by atoms with Crippen molar-refractivity contribution in [1.82, 2.24) is 15.4 Å². The van der Waals surface area contributed by atoms with Crippen LogP contribution in [0.1, 0.15) is 49.6 Å². The van der Waals surface area contributed by atoms with Crippen molar-refractivity contribution in [2.45, 2.75) is 52.1 Å². The molecule has 28 heavy (non-hydrogen) atoms. The SMILES string of the molecule is CCc1cc(CN2CCC[C@@H](CCC(=O)NCc3ccc(F)c(F)c3)C2)on1. The summed E-state index contributed by atoms with van der Waals surface area (Å²) >= 11 is 0. The Labute approximate surface area is 164 Å². The van der Waals surface area contributed by atoms with Gasteiger partial charge in [0.15, 0.2) is 17.4 Å². The zero-order chi connectivity index (χ0) is 19.9. The Balaban J connectivity index is 1.39. The topological polar surface area (TPSA) is 58.4 Å². The second kappa shape index (κ2) is 9.78. The van der Waals surface area contributed by atoms with Gasteiger partial charge in [0.05, 0.1) is 12.2 Å². The van der Waals surface area contributed by atoms with E-state index in [1.807, 2.05) is 6.07 Å². The van der Waals surface area contributed by atoms with Crippen molar-refractivity contribution in [3.05, 3.63) is 52.9 Å². The number of aromatic nitrogens is 1. The summed E-state index contributed by atoms with van der Waals surface area (Å²) < 4.78 is 31.5. The first-order chi connectivity index (χ1) is 13.5. The lowest BCUT2D eigenvalue weighted by Crippen LogP contribution is -2.35. The molecule has 7 heteroatoms.